The molecule has 2 N–H and O–H groups in total. The molecule has 23 heavy (non-hydrogen) atoms. The summed E-state index contributed by atoms with van der Waals surface area (Å²) in [4.78, 5) is 7.82. The van der Waals surface area contributed by atoms with Gasteiger partial charge in [-0.2, -0.15) is 0 Å². The number of aryl methyl sites for hydroxylation is 1. The van der Waals surface area contributed by atoms with E-state index in [-0.39, 0.29) is 0 Å². The molecule has 0 aromatic heterocycles. The third-order valence-corrected chi connectivity index (χ3v) is 4.40. The number of nitrogens with one attached hydrogen (secondary N) is 2. The molecule has 5 nitrogen and oxygen atoms in total. The van der Waals surface area contributed by atoms with E-state index in [9.17, 15) is 0 Å². The number of likely N-dealkylation sites (N-methyl/N-ethyl adjacent to an activating group) is 1. The quantitative estimate of drug-likeness (QED) is 0.409. The zero-order chi connectivity index (χ0) is 17.1. The fourth-order valence-electron chi connectivity index (χ4n) is 2.12. The summed E-state index contributed by atoms with van der Waals surface area (Å²) in [5.41, 5.74) is 2.59. The van der Waals surface area contributed by atoms with Crippen LogP contribution in [0.25, 0.3) is 0 Å². The Hall–Kier alpha value is -1.24. The molecule has 0 radical (unpaired) electrons. The number of aliphatic imine (C=N–C) groups is 1. The van der Waals surface area contributed by atoms with Gasteiger partial charge in [0.15, 0.2) is 5.96 Å². The maximum absolute atomic E-state index is 5.08. The first-order chi connectivity index (χ1) is 11.1. The fourth-order valence-corrected chi connectivity index (χ4v) is 2.83. The van der Waals surface area contributed by atoms with Crippen molar-refractivity contribution in [3.63, 3.8) is 0 Å². The minimum absolute atomic E-state index is 0.758. The van der Waals surface area contributed by atoms with Crippen molar-refractivity contribution < 1.29 is 4.74 Å². The van der Waals surface area contributed by atoms with E-state index >= 15 is 0 Å². The molecule has 0 amide bonds. The Morgan fingerprint density at radius 3 is 2.74 bits per heavy atom. The van der Waals surface area contributed by atoms with Crippen molar-refractivity contribution in [1.82, 2.24) is 15.5 Å². The normalized spacial score (nSPS) is 11.8. The predicted molar refractivity (Wildman–Crippen MR) is 101 cm³/mol. The first-order valence-electron chi connectivity index (χ1n) is 7.86. The highest BCUT2D eigenvalue weighted by Gasteiger charge is 2.04. The smallest absolute Gasteiger partial charge is 0.191 e. The van der Waals surface area contributed by atoms with Crippen LogP contribution in [0.5, 0.6) is 0 Å². The second kappa shape index (κ2) is 11.3. The lowest BCUT2D eigenvalue weighted by molar-refractivity contribution is 0.162. The number of guanidine groups is 1. The Balaban J connectivity index is 2.40. The van der Waals surface area contributed by atoms with Crippen LogP contribution < -0.4 is 10.6 Å². The van der Waals surface area contributed by atoms with Crippen molar-refractivity contribution in [3.05, 3.63) is 29.3 Å². The van der Waals surface area contributed by atoms with E-state index in [4.69, 9.17) is 4.74 Å². The number of hydrogen-bond donors (Lipinski definition) is 2. The number of methoxy groups -OCH3 is 1. The fraction of sp³-hybridized carbons (Fsp3) is 0.588. The van der Waals surface area contributed by atoms with Crippen LogP contribution in [0, 0.1) is 6.92 Å². The molecule has 1 aromatic carbocycles. The van der Waals surface area contributed by atoms with Gasteiger partial charge in [-0.05, 0) is 37.4 Å². The Kier molecular flexibility index (Phi) is 9.75. The average molecular weight is 339 g/mol. The van der Waals surface area contributed by atoms with Gasteiger partial charge in [0.2, 0.25) is 0 Å². The van der Waals surface area contributed by atoms with Gasteiger partial charge in [-0.3, -0.25) is 4.99 Å². The van der Waals surface area contributed by atoms with Crippen LogP contribution in [-0.2, 0) is 11.3 Å². The molecule has 6 heteroatoms. The minimum atomic E-state index is 0.758. The molecule has 0 heterocycles. The summed E-state index contributed by atoms with van der Waals surface area (Å²) in [5, 5.41) is 6.72. The van der Waals surface area contributed by atoms with Gasteiger partial charge < -0.3 is 20.3 Å². The van der Waals surface area contributed by atoms with Gasteiger partial charge in [0.25, 0.3) is 0 Å². The standard InChI is InChI=1S/C17H30N4OS/c1-14-6-7-15(16(12-14)23-5)13-20-17(18-2)19-8-9-21(3)10-11-22-4/h6-7,12H,8-11,13H2,1-5H3,(H2,18,19,20). The zero-order valence-corrected chi connectivity index (χ0v) is 15.8. The van der Waals surface area contributed by atoms with Crippen LogP contribution in [0.15, 0.2) is 28.1 Å². The first-order valence-corrected chi connectivity index (χ1v) is 9.08. The Bertz CT molecular complexity index is 493. The highest BCUT2D eigenvalue weighted by molar-refractivity contribution is 7.98. The molecule has 0 fully saturated rings. The number of thioether (sulfide) groups is 1. The van der Waals surface area contributed by atoms with E-state index in [0.717, 1.165) is 38.7 Å². The summed E-state index contributed by atoms with van der Waals surface area (Å²) in [6.07, 6.45) is 2.11. The van der Waals surface area contributed by atoms with Crippen LogP contribution >= 0.6 is 11.8 Å². The van der Waals surface area contributed by atoms with Gasteiger partial charge in [-0.1, -0.05) is 12.1 Å². The van der Waals surface area contributed by atoms with Gasteiger partial charge in [-0.15, -0.1) is 11.8 Å². The molecule has 1 rings (SSSR count). The van der Waals surface area contributed by atoms with Gasteiger partial charge in [-0.25, -0.2) is 0 Å². The third-order valence-electron chi connectivity index (χ3n) is 3.58. The summed E-state index contributed by atoms with van der Waals surface area (Å²) in [7, 11) is 5.62. The molecule has 0 aliphatic heterocycles. The maximum Gasteiger partial charge on any atom is 0.191 e. The molecule has 1 aromatic rings. The molecular weight excluding hydrogens is 308 g/mol. The lowest BCUT2D eigenvalue weighted by Crippen LogP contribution is -2.41. The lowest BCUT2D eigenvalue weighted by atomic mass is 10.1. The van der Waals surface area contributed by atoms with Crippen LogP contribution in [0.1, 0.15) is 11.1 Å². The second-order valence-electron chi connectivity index (χ2n) is 5.46. The van der Waals surface area contributed by atoms with E-state index in [1.807, 2.05) is 0 Å². The Morgan fingerprint density at radius 1 is 1.30 bits per heavy atom. The topological polar surface area (TPSA) is 48.9 Å². The third kappa shape index (κ3) is 7.72. The van der Waals surface area contributed by atoms with Crippen molar-refractivity contribution in [2.24, 2.45) is 4.99 Å². The van der Waals surface area contributed by atoms with Crippen LogP contribution in [0.4, 0.5) is 0 Å². The highest BCUT2D eigenvalue weighted by atomic mass is 32.2. The monoisotopic (exact) mass is 338 g/mol. The van der Waals surface area contributed by atoms with Crippen molar-refractivity contribution in [3.8, 4) is 0 Å². The molecule has 0 unspecified atom stereocenters. The SMILES string of the molecule is CN=C(NCCN(C)CCOC)NCc1ccc(C)cc1SC. The summed E-state index contributed by atoms with van der Waals surface area (Å²) in [6, 6.07) is 6.56. The van der Waals surface area contributed by atoms with Gasteiger partial charge >= 0.3 is 0 Å². The number of ether oxygens (including phenoxy) is 1. The van der Waals surface area contributed by atoms with Crippen LogP contribution in [0.3, 0.4) is 0 Å². The van der Waals surface area contributed by atoms with Crippen LogP contribution in [0.2, 0.25) is 0 Å². The van der Waals surface area contributed by atoms with E-state index in [1.165, 1.54) is 16.0 Å². The van der Waals surface area contributed by atoms with Gasteiger partial charge in [0, 0.05) is 45.2 Å². The summed E-state index contributed by atoms with van der Waals surface area (Å²) in [6.45, 7) is 6.39. The van der Waals surface area contributed by atoms with Crippen LogP contribution in [-0.4, -0.2) is 64.6 Å². The Morgan fingerprint density at radius 2 is 2.09 bits per heavy atom. The van der Waals surface area contributed by atoms with Crippen molar-refractivity contribution in [2.45, 2.75) is 18.4 Å². The molecular formula is C17H30N4OS. The summed E-state index contributed by atoms with van der Waals surface area (Å²) < 4.78 is 5.08. The van der Waals surface area contributed by atoms with E-state index in [2.05, 4.69) is 59.0 Å². The molecule has 0 atom stereocenters. The molecule has 0 bridgehead atoms. The zero-order valence-electron chi connectivity index (χ0n) is 15.0. The maximum atomic E-state index is 5.08. The molecule has 0 spiro atoms. The number of nitrogens with zero attached hydrogens (tertiary/aromatic N) is 2. The minimum Gasteiger partial charge on any atom is -0.383 e. The van der Waals surface area contributed by atoms with Gasteiger partial charge in [0.1, 0.15) is 0 Å². The summed E-state index contributed by atoms with van der Waals surface area (Å²) >= 11 is 1.78. The van der Waals surface area contributed by atoms with E-state index < -0.39 is 0 Å². The first kappa shape index (κ1) is 19.8. The van der Waals surface area contributed by atoms with Crippen molar-refractivity contribution >= 4 is 17.7 Å². The largest absolute Gasteiger partial charge is 0.383 e. The predicted octanol–water partition coefficient (Wildman–Crippen LogP) is 1.96. The molecule has 0 aliphatic carbocycles. The van der Waals surface area contributed by atoms with E-state index in [1.54, 1.807) is 25.9 Å². The second-order valence-corrected chi connectivity index (χ2v) is 6.31. The van der Waals surface area contributed by atoms with E-state index in [0.29, 0.717) is 0 Å². The number of rotatable bonds is 9. The number of hydrogen-bond acceptors (Lipinski definition) is 4. The molecule has 0 saturated heterocycles. The molecule has 0 aliphatic rings. The van der Waals surface area contributed by atoms with Gasteiger partial charge in [0.05, 0.1) is 6.61 Å². The van der Waals surface area contributed by atoms with Crippen molar-refractivity contribution in [2.75, 3.05) is 53.7 Å². The lowest BCUT2D eigenvalue weighted by Gasteiger charge is -2.18. The highest BCUT2D eigenvalue weighted by Crippen LogP contribution is 2.21. The summed E-state index contributed by atoms with van der Waals surface area (Å²) in [5.74, 6) is 0.831. The van der Waals surface area contributed by atoms with Crippen molar-refractivity contribution in [1.29, 1.82) is 0 Å². The number of benzene rings is 1. The molecule has 130 valence electrons. The Labute approximate surface area is 144 Å². The molecule has 0 saturated carbocycles. The average Bonchev–Trinajstić information content (AvgIpc) is 2.56.